The summed E-state index contributed by atoms with van der Waals surface area (Å²) in [6.07, 6.45) is 8.00. The summed E-state index contributed by atoms with van der Waals surface area (Å²) in [6, 6.07) is 0. The van der Waals surface area contributed by atoms with Gasteiger partial charge < -0.3 is 25.7 Å². The van der Waals surface area contributed by atoms with Crippen molar-refractivity contribution in [3.63, 3.8) is 0 Å². The van der Waals surface area contributed by atoms with Crippen molar-refractivity contribution >= 4 is 0 Å². The van der Waals surface area contributed by atoms with Crippen LogP contribution in [0, 0.1) is 25.7 Å². The number of hydrogen-bond donors (Lipinski definition) is 0. The standard InChI is InChI=1S/4C3H7.4C2H6.3CH4.Pt/c4*1-3-2;4*1-2;;;;/h4*3H,1-2H3;4*1-2H3;3*1H4;/q4*-1;;;;;;;;+4. The van der Waals surface area contributed by atoms with Crippen molar-refractivity contribution in [2.24, 2.45) is 0 Å². The molecule has 0 aliphatic rings. The van der Waals surface area contributed by atoms with Crippen molar-refractivity contribution in [3.8, 4) is 0 Å². The fourth-order valence-corrected chi connectivity index (χ4v) is 0. The molecule has 0 aliphatic carbocycles. The molecule has 0 N–H and O–H groups in total. The van der Waals surface area contributed by atoms with Crippen LogP contribution >= 0.6 is 0 Å². The van der Waals surface area contributed by atoms with E-state index in [1.54, 1.807) is 0 Å². The minimum atomic E-state index is 0. The van der Waals surface area contributed by atoms with Gasteiger partial charge in [-0.25, -0.2) is 0 Å². The molecule has 0 heterocycles. The van der Waals surface area contributed by atoms with E-state index in [2.05, 4.69) is 0 Å². The van der Waals surface area contributed by atoms with Crippen molar-refractivity contribution in [2.45, 2.75) is 133 Å². The van der Waals surface area contributed by atoms with Crippen molar-refractivity contribution in [2.75, 3.05) is 0 Å². The third-order valence-corrected chi connectivity index (χ3v) is 0. The molecule has 0 radical (unpaired) electrons. The van der Waals surface area contributed by atoms with Crippen LogP contribution in [0.2, 0.25) is 0 Å². The topological polar surface area (TPSA) is 0 Å². The van der Waals surface area contributed by atoms with Gasteiger partial charge in [-0.1, -0.05) is 77.7 Å². The Kier molecular flexibility index (Phi) is 1990. The summed E-state index contributed by atoms with van der Waals surface area (Å²) < 4.78 is 0. The Hall–Kier alpha value is 0.688. The minimum Gasteiger partial charge on any atom is -0.335 e. The maximum Gasteiger partial charge on any atom is 4.00 e. The second kappa shape index (κ2) is 555. The summed E-state index contributed by atoms with van der Waals surface area (Å²) in [5.74, 6) is 0. The SMILES string of the molecule is C.C.C.CC.CC.CC.CC.C[CH-]C.C[CH-]C.C[CH-]C.C[CH-]C.[Pt+4]. The number of rotatable bonds is 0. The summed E-state index contributed by atoms with van der Waals surface area (Å²) in [6.45, 7) is 32.0. The van der Waals surface area contributed by atoms with Crippen LogP contribution in [0.3, 0.4) is 0 Å². The van der Waals surface area contributed by atoms with Gasteiger partial charge in [-0.2, -0.15) is 55.4 Å². The first kappa shape index (κ1) is 86.1. The molecule has 0 aromatic heterocycles. The van der Waals surface area contributed by atoms with E-state index in [1.807, 2.05) is 136 Å². The second-order valence-corrected chi connectivity index (χ2v) is 2.31. The van der Waals surface area contributed by atoms with Crippen molar-refractivity contribution in [3.05, 3.63) is 25.7 Å². The molecule has 0 atom stereocenters. The molecule has 0 saturated heterocycles. The van der Waals surface area contributed by atoms with Crippen LogP contribution in [-0.4, -0.2) is 0 Å². The molecular weight excluding hydrogens is 471 g/mol. The smallest absolute Gasteiger partial charge is 0.335 e. The molecule has 166 valence electrons. The zero-order valence-electron chi connectivity index (χ0n) is 18.6. The van der Waals surface area contributed by atoms with Crippen LogP contribution in [0.4, 0.5) is 0 Å². The average Bonchev–Trinajstić information content (AvgIpc) is 2.50. The number of hydrogen-bond acceptors (Lipinski definition) is 0. The zero-order chi connectivity index (χ0) is 18.8. The monoisotopic (exact) mass is 535 g/mol. The van der Waals surface area contributed by atoms with E-state index in [1.165, 1.54) is 0 Å². The van der Waals surface area contributed by atoms with E-state index < -0.39 is 0 Å². The molecule has 0 aromatic rings. The van der Waals surface area contributed by atoms with Crippen LogP contribution < -0.4 is 0 Å². The van der Waals surface area contributed by atoms with Crippen molar-refractivity contribution in [1.29, 1.82) is 0 Å². The van der Waals surface area contributed by atoms with Gasteiger partial charge in [0, 0.05) is 0 Å². The van der Waals surface area contributed by atoms with Gasteiger partial charge in [0.2, 0.25) is 0 Å². The predicted octanol–water partition coefficient (Wildman–Crippen LogP) is 10.9. The van der Waals surface area contributed by atoms with Gasteiger partial charge in [-0.3, -0.25) is 0 Å². The van der Waals surface area contributed by atoms with Crippen LogP contribution in [0.1, 0.15) is 133 Å². The molecule has 0 unspecified atom stereocenters. The molecule has 0 aromatic carbocycles. The van der Waals surface area contributed by atoms with Gasteiger partial charge in [0.1, 0.15) is 0 Å². The Morgan fingerprint density at radius 1 is 0.292 bits per heavy atom. The molecular formula is C23H64Pt. The van der Waals surface area contributed by atoms with E-state index in [4.69, 9.17) is 0 Å². The zero-order valence-corrected chi connectivity index (χ0v) is 20.9. The fourth-order valence-electron chi connectivity index (χ4n) is 0. The summed E-state index contributed by atoms with van der Waals surface area (Å²) >= 11 is 0. The second-order valence-electron chi connectivity index (χ2n) is 2.31. The maximum atomic E-state index is 2.00. The molecule has 0 spiro atoms. The van der Waals surface area contributed by atoms with Crippen LogP contribution in [-0.2, 0) is 21.1 Å². The quantitative estimate of drug-likeness (QED) is 0.271. The normalized spacial score (nSPS) is 4.00. The fraction of sp³-hybridized carbons (Fsp3) is 0.826. The summed E-state index contributed by atoms with van der Waals surface area (Å²) in [5.41, 5.74) is 0. The molecule has 24 heavy (non-hydrogen) atoms. The molecule has 0 rings (SSSR count). The van der Waals surface area contributed by atoms with E-state index in [9.17, 15) is 0 Å². The van der Waals surface area contributed by atoms with Crippen LogP contribution in [0.15, 0.2) is 0 Å². The van der Waals surface area contributed by atoms with Gasteiger partial charge in [-0.05, 0) is 0 Å². The van der Waals surface area contributed by atoms with Crippen LogP contribution in [0.5, 0.6) is 0 Å². The maximum absolute atomic E-state index is 2.00. The predicted molar refractivity (Wildman–Crippen MR) is 128 cm³/mol. The van der Waals surface area contributed by atoms with Crippen molar-refractivity contribution in [1.82, 2.24) is 0 Å². The first-order valence-corrected chi connectivity index (χ1v) is 8.62. The molecule has 0 nitrogen and oxygen atoms in total. The van der Waals surface area contributed by atoms with E-state index in [0.717, 1.165) is 0 Å². The molecule has 0 amide bonds. The van der Waals surface area contributed by atoms with E-state index in [-0.39, 0.29) is 43.3 Å². The molecule has 1 heteroatoms. The Morgan fingerprint density at radius 3 is 0.292 bits per heavy atom. The third kappa shape index (κ3) is 22500. The van der Waals surface area contributed by atoms with E-state index in [0.29, 0.717) is 0 Å². The minimum absolute atomic E-state index is 0. The Morgan fingerprint density at radius 2 is 0.292 bits per heavy atom. The first-order valence-electron chi connectivity index (χ1n) is 8.62. The summed E-state index contributed by atoms with van der Waals surface area (Å²) in [5, 5.41) is 0. The average molecular weight is 536 g/mol. The largest absolute Gasteiger partial charge is 4.00 e. The van der Waals surface area contributed by atoms with Crippen molar-refractivity contribution < 1.29 is 21.1 Å². The van der Waals surface area contributed by atoms with Gasteiger partial charge in [0.05, 0.1) is 0 Å². The third-order valence-electron chi connectivity index (χ3n) is 0. The summed E-state index contributed by atoms with van der Waals surface area (Å²) in [7, 11) is 0. The Labute approximate surface area is 179 Å². The Bertz CT molecular complexity index is 14.0. The van der Waals surface area contributed by atoms with Crippen LogP contribution in [0.25, 0.3) is 0 Å². The molecule has 0 fully saturated rings. The van der Waals surface area contributed by atoms with Gasteiger partial charge >= 0.3 is 21.1 Å². The van der Waals surface area contributed by atoms with Gasteiger partial charge in [-0.15, -0.1) is 0 Å². The van der Waals surface area contributed by atoms with E-state index >= 15 is 0 Å². The Balaban J connectivity index is -0.00000000675. The molecule has 0 saturated carbocycles. The first-order chi connectivity index (χ1) is 9.66. The molecule has 0 bridgehead atoms. The van der Waals surface area contributed by atoms with Gasteiger partial charge in [0.15, 0.2) is 0 Å². The summed E-state index contributed by atoms with van der Waals surface area (Å²) in [4.78, 5) is 0. The van der Waals surface area contributed by atoms with Gasteiger partial charge in [0.25, 0.3) is 0 Å². The molecule has 0 aliphatic heterocycles.